The normalized spacial score (nSPS) is 14.5. The van der Waals surface area contributed by atoms with E-state index in [-0.39, 0.29) is 5.91 Å². The topological polar surface area (TPSA) is 88.2 Å². The van der Waals surface area contributed by atoms with Crippen molar-refractivity contribution < 1.29 is 23.9 Å². The zero-order valence-corrected chi connectivity index (χ0v) is 20.1. The van der Waals surface area contributed by atoms with E-state index in [1.54, 1.807) is 49.1 Å². The molecule has 2 aromatic rings. The van der Waals surface area contributed by atoms with Gasteiger partial charge in [-0.25, -0.2) is 4.79 Å². The van der Waals surface area contributed by atoms with Crippen molar-refractivity contribution in [2.75, 3.05) is 43.5 Å². The molecule has 1 N–H and O–H groups in total. The molecule has 0 bridgehead atoms. The number of esters is 1. The Hall–Kier alpha value is -2.97. The second-order valence-corrected chi connectivity index (χ2v) is 8.38. The number of nitrogens with one attached hydrogen (secondary N) is 1. The molecule has 1 saturated heterocycles. The third kappa shape index (κ3) is 6.09. The van der Waals surface area contributed by atoms with Crippen LogP contribution in [0.1, 0.15) is 24.2 Å². The van der Waals surface area contributed by atoms with Gasteiger partial charge < -0.3 is 24.6 Å². The Balaban J connectivity index is 1.81. The molecule has 1 aliphatic heterocycles. The molecule has 1 unspecified atom stereocenters. The summed E-state index contributed by atoms with van der Waals surface area (Å²) >= 11 is 12.1. The Morgan fingerprint density at radius 1 is 1.03 bits per heavy atom. The lowest BCUT2D eigenvalue weighted by Gasteiger charge is -2.36. The SMILES string of the molecule is COC(=O)c1ccc(N2CCN(C(C)=O)CC2)c(NC(=O)C(C)Oc2ccc(Cl)cc2Cl)c1. The fourth-order valence-electron chi connectivity index (χ4n) is 3.47. The summed E-state index contributed by atoms with van der Waals surface area (Å²) in [6.45, 7) is 5.45. The Bertz CT molecular complexity index is 1050. The van der Waals surface area contributed by atoms with Crippen LogP contribution in [0.2, 0.25) is 10.0 Å². The number of hydrogen-bond donors (Lipinski definition) is 1. The van der Waals surface area contributed by atoms with Gasteiger partial charge in [-0.2, -0.15) is 0 Å². The fourth-order valence-corrected chi connectivity index (χ4v) is 3.92. The van der Waals surface area contributed by atoms with E-state index in [1.165, 1.54) is 13.2 Å². The number of ether oxygens (including phenoxy) is 2. The number of carbonyl (C=O) groups is 3. The van der Waals surface area contributed by atoms with E-state index in [1.807, 2.05) is 0 Å². The molecule has 2 aromatic carbocycles. The molecule has 0 saturated carbocycles. The minimum atomic E-state index is -0.882. The maximum atomic E-state index is 12.9. The van der Waals surface area contributed by atoms with Crippen LogP contribution in [0.25, 0.3) is 0 Å². The molecule has 8 nitrogen and oxygen atoms in total. The highest BCUT2D eigenvalue weighted by molar-refractivity contribution is 6.35. The summed E-state index contributed by atoms with van der Waals surface area (Å²) in [5, 5.41) is 3.60. The molecule has 1 atom stereocenters. The Labute approximate surface area is 202 Å². The van der Waals surface area contributed by atoms with Crippen LogP contribution < -0.4 is 15.0 Å². The van der Waals surface area contributed by atoms with Crippen molar-refractivity contribution in [2.24, 2.45) is 0 Å². The van der Waals surface area contributed by atoms with E-state index in [0.717, 1.165) is 5.69 Å². The molecule has 10 heteroatoms. The fraction of sp³-hybridized carbons (Fsp3) is 0.348. The van der Waals surface area contributed by atoms with Gasteiger partial charge in [0, 0.05) is 38.1 Å². The summed E-state index contributed by atoms with van der Waals surface area (Å²) in [6.07, 6.45) is -0.882. The number of amides is 2. The highest BCUT2D eigenvalue weighted by Gasteiger charge is 2.24. The average molecular weight is 494 g/mol. The van der Waals surface area contributed by atoms with E-state index in [2.05, 4.69) is 10.2 Å². The summed E-state index contributed by atoms with van der Waals surface area (Å²) in [5.41, 5.74) is 1.47. The van der Waals surface area contributed by atoms with E-state index in [4.69, 9.17) is 32.7 Å². The second kappa shape index (κ2) is 10.8. The Morgan fingerprint density at radius 3 is 2.33 bits per heavy atom. The van der Waals surface area contributed by atoms with Crippen molar-refractivity contribution in [3.63, 3.8) is 0 Å². The highest BCUT2D eigenvalue weighted by Crippen LogP contribution is 2.31. The summed E-state index contributed by atoms with van der Waals surface area (Å²) in [7, 11) is 1.29. The molecule has 1 aliphatic rings. The Kier molecular flexibility index (Phi) is 8.05. The standard InChI is InChI=1S/C23H25Cl2N3O5/c1-14(33-21-7-5-17(24)13-18(21)25)22(30)26-19-12-16(23(31)32-3)4-6-20(19)28-10-8-27(9-11-28)15(2)29/h4-7,12-14H,8-11H2,1-3H3,(H,26,30). The van der Waals surface area contributed by atoms with Crippen LogP contribution in [0.4, 0.5) is 11.4 Å². The zero-order chi connectivity index (χ0) is 24.1. The van der Waals surface area contributed by atoms with Crippen LogP contribution >= 0.6 is 23.2 Å². The number of anilines is 2. The van der Waals surface area contributed by atoms with Crippen molar-refractivity contribution in [3.8, 4) is 5.75 Å². The smallest absolute Gasteiger partial charge is 0.337 e. The summed E-state index contributed by atoms with van der Waals surface area (Å²) in [5.74, 6) is -0.592. The van der Waals surface area contributed by atoms with Gasteiger partial charge in [0.2, 0.25) is 5.91 Å². The minimum absolute atomic E-state index is 0.0241. The third-order valence-electron chi connectivity index (χ3n) is 5.31. The van der Waals surface area contributed by atoms with Crippen LogP contribution in [0.5, 0.6) is 5.75 Å². The number of rotatable bonds is 6. The number of carbonyl (C=O) groups excluding carboxylic acids is 3. The number of benzene rings is 2. The number of halogens is 2. The summed E-state index contributed by atoms with van der Waals surface area (Å²) in [6, 6.07) is 9.70. The quantitative estimate of drug-likeness (QED) is 0.614. The molecule has 2 amide bonds. The van der Waals surface area contributed by atoms with Gasteiger partial charge >= 0.3 is 5.97 Å². The van der Waals surface area contributed by atoms with Crippen molar-refractivity contribution in [1.82, 2.24) is 4.90 Å². The second-order valence-electron chi connectivity index (χ2n) is 7.54. The average Bonchev–Trinajstić information content (AvgIpc) is 2.80. The first-order valence-electron chi connectivity index (χ1n) is 10.3. The molecule has 1 heterocycles. The summed E-state index contributed by atoms with van der Waals surface area (Å²) < 4.78 is 10.5. The van der Waals surface area contributed by atoms with Crippen LogP contribution in [0.15, 0.2) is 36.4 Å². The number of nitrogens with zero attached hydrogens (tertiary/aromatic N) is 2. The monoisotopic (exact) mass is 493 g/mol. The molecule has 3 rings (SSSR count). The van der Waals surface area contributed by atoms with Gasteiger partial charge in [0.25, 0.3) is 5.91 Å². The molecule has 1 fully saturated rings. The van der Waals surface area contributed by atoms with E-state index >= 15 is 0 Å². The molecular weight excluding hydrogens is 469 g/mol. The van der Waals surface area contributed by atoms with Gasteiger partial charge in [-0.05, 0) is 43.3 Å². The predicted octanol–water partition coefficient (Wildman–Crippen LogP) is 3.85. The Morgan fingerprint density at radius 2 is 1.73 bits per heavy atom. The lowest BCUT2D eigenvalue weighted by atomic mass is 10.1. The van der Waals surface area contributed by atoms with Gasteiger partial charge in [0.05, 0.1) is 29.1 Å². The van der Waals surface area contributed by atoms with Crippen LogP contribution in [-0.2, 0) is 14.3 Å². The lowest BCUT2D eigenvalue weighted by Crippen LogP contribution is -2.48. The van der Waals surface area contributed by atoms with Gasteiger partial charge in [0.15, 0.2) is 6.10 Å². The third-order valence-corrected chi connectivity index (χ3v) is 5.84. The van der Waals surface area contributed by atoms with Gasteiger partial charge in [0.1, 0.15) is 5.75 Å². The molecule has 0 radical (unpaired) electrons. The molecular formula is C23H25Cl2N3O5. The maximum Gasteiger partial charge on any atom is 0.337 e. The first-order chi connectivity index (χ1) is 15.7. The van der Waals surface area contributed by atoms with Crippen LogP contribution in [0, 0.1) is 0 Å². The minimum Gasteiger partial charge on any atom is -0.479 e. The number of methoxy groups -OCH3 is 1. The zero-order valence-electron chi connectivity index (χ0n) is 18.6. The molecule has 176 valence electrons. The predicted molar refractivity (Wildman–Crippen MR) is 127 cm³/mol. The van der Waals surface area contributed by atoms with Gasteiger partial charge in [-0.3, -0.25) is 9.59 Å². The van der Waals surface area contributed by atoms with Crippen molar-refractivity contribution in [3.05, 3.63) is 52.0 Å². The van der Waals surface area contributed by atoms with Crippen molar-refractivity contribution in [1.29, 1.82) is 0 Å². The number of hydrogen-bond acceptors (Lipinski definition) is 6. The van der Waals surface area contributed by atoms with Gasteiger partial charge in [-0.1, -0.05) is 23.2 Å². The van der Waals surface area contributed by atoms with Crippen molar-refractivity contribution >= 4 is 52.4 Å². The van der Waals surface area contributed by atoms with Crippen LogP contribution in [0.3, 0.4) is 0 Å². The van der Waals surface area contributed by atoms with E-state index in [0.29, 0.717) is 53.2 Å². The van der Waals surface area contributed by atoms with Crippen molar-refractivity contribution in [2.45, 2.75) is 20.0 Å². The largest absolute Gasteiger partial charge is 0.479 e. The van der Waals surface area contributed by atoms with Gasteiger partial charge in [-0.15, -0.1) is 0 Å². The first-order valence-corrected chi connectivity index (χ1v) is 11.1. The molecule has 0 aliphatic carbocycles. The van der Waals surface area contributed by atoms with E-state index in [9.17, 15) is 14.4 Å². The first kappa shape index (κ1) is 24.7. The number of piperazine rings is 1. The molecule has 33 heavy (non-hydrogen) atoms. The van der Waals surface area contributed by atoms with Crippen LogP contribution in [-0.4, -0.2) is 62.1 Å². The molecule has 0 spiro atoms. The maximum absolute atomic E-state index is 12.9. The van der Waals surface area contributed by atoms with E-state index < -0.39 is 18.0 Å². The highest BCUT2D eigenvalue weighted by atomic mass is 35.5. The lowest BCUT2D eigenvalue weighted by molar-refractivity contribution is -0.129. The summed E-state index contributed by atoms with van der Waals surface area (Å²) in [4.78, 5) is 40.4. The molecule has 0 aromatic heterocycles.